The summed E-state index contributed by atoms with van der Waals surface area (Å²) < 4.78 is 25.0. The van der Waals surface area contributed by atoms with Crippen molar-refractivity contribution < 1.29 is 44.2 Å². The number of rotatable bonds is 9. The molecule has 1 aromatic heterocycles. The van der Waals surface area contributed by atoms with E-state index in [1.165, 1.54) is 13.0 Å². The van der Waals surface area contributed by atoms with Crippen molar-refractivity contribution in [3.63, 3.8) is 0 Å². The monoisotopic (exact) mass is 725 g/mol. The lowest BCUT2D eigenvalue weighted by molar-refractivity contribution is -0.163. The minimum absolute atomic E-state index is 0.0103. The molecule has 1 saturated carbocycles. The Balaban J connectivity index is 1.26. The number of fused-ring (bicyclic) bond motifs is 4. The normalized spacial score (nSPS) is 27.1. The van der Waals surface area contributed by atoms with Gasteiger partial charge in [-0.1, -0.05) is 33.7 Å². The van der Waals surface area contributed by atoms with Gasteiger partial charge in [0.05, 0.1) is 24.9 Å². The van der Waals surface area contributed by atoms with Gasteiger partial charge in [0.1, 0.15) is 6.10 Å². The number of phenols is 3. The number of hydrogen-bond acceptors (Lipinski definition) is 12. The first-order valence-electron chi connectivity index (χ1n) is 17.5. The average Bonchev–Trinajstić information content (AvgIpc) is 3.11. The number of nitrogens with zero attached hydrogens (tertiary/aromatic N) is 1. The number of pyridine rings is 1. The van der Waals surface area contributed by atoms with Crippen LogP contribution in [0.4, 0.5) is 0 Å². The highest BCUT2D eigenvalue weighted by molar-refractivity contribution is 8.76. The molecule has 0 spiro atoms. The van der Waals surface area contributed by atoms with Gasteiger partial charge in [0.2, 0.25) is 5.75 Å². The molecule has 10 nitrogen and oxygen atoms in total. The Morgan fingerprint density at radius 2 is 1.92 bits per heavy atom. The Kier molecular flexibility index (Phi) is 12.6. The van der Waals surface area contributed by atoms with Crippen LogP contribution in [-0.2, 0) is 27.1 Å². The molecule has 12 heteroatoms. The van der Waals surface area contributed by atoms with Crippen LogP contribution in [-0.4, -0.2) is 73.9 Å². The first-order valence-corrected chi connectivity index (χ1v) is 19.9. The van der Waals surface area contributed by atoms with E-state index in [0.29, 0.717) is 49.3 Å². The van der Waals surface area contributed by atoms with Crippen LogP contribution in [0.2, 0.25) is 0 Å². The predicted molar refractivity (Wildman–Crippen MR) is 193 cm³/mol. The van der Waals surface area contributed by atoms with Gasteiger partial charge in [0, 0.05) is 56.2 Å². The van der Waals surface area contributed by atoms with Gasteiger partial charge in [0.25, 0.3) is 0 Å². The second-order valence-corrected chi connectivity index (χ2v) is 16.2. The fourth-order valence-electron chi connectivity index (χ4n) is 7.39. The zero-order valence-corrected chi connectivity index (χ0v) is 29.9. The summed E-state index contributed by atoms with van der Waals surface area (Å²) in [4.78, 5) is 16.4. The summed E-state index contributed by atoms with van der Waals surface area (Å²) in [7, 11) is 3.62. The molecular weight excluding hydrogens is 679 g/mol. The van der Waals surface area contributed by atoms with Crippen molar-refractivity contribution in [2.24, 2.45) is 11.8 Å². The van der Waals surface area contributed by atoms with Crippen LogP contribution in [0.3, 0.4) is 0 Å². The number of ether oxygens (including phenoxy) is 4. The predicted octanol–water partition coefficient (Wildman–Crippen LogP) is 6.91. The van der Waals surface area contributed by atoms with Crippen LogP contribution in [0, 0.1) is 11.8 Å². The number of phenolic OH excluding ortho intramolecular Hbond substituents is 3. The number of hydrogen-bond donors (Lipinski definition) is 4. The van der Waals surface area contributed by atoms with Gasteiger partial charge in [-0.25, -0.2) is 0 Å². The molecule has 0 radical (unpaired) electrons. The third-order valence-electron chi connectivity index (χ3n) is 9.89. The number of esters is 1. The van der Waals surface area contributed by atoms with E-state index < -0.39 is 12.2 Å². The van der Waals surface area contributed by atoms with Crippen molar-refractivity contribution in [2.75, 3.05) is 19.0 Å². The van der Waals surface area contributed by atoms with Gasteiger partial charge < -0.3 is 39.4 Å². The molecule has 3 aliphatic rings. The van der Waals surface area contributed by atoms with Gasteiger partial charge in [-0.05, 0) is 97.4 Å². The summed E-state index contributed by atoms with van der Waals surface area (Å²) in [5.74, 6) is 0.835. The van der Waals surface area contributed by atoms with E-state index in [1.54, 1.807) is 35.3 Å². The van der Waals surface area contributed by atoms with Gasteiger partial charge in [0.15, 0.2) is 23.0 Å². The maximum atomic E-state index is 12.2. The molecule has 7 unspecified atom stereocenters. The summed E-state index contributed by atoms with van der Waals surface area (Å²) >= 11 is 0. The van der Waals surface area contributed by atoms with Gasteiger partial charge in [-0.2, -0.15) is 0 Å². The van der Waals surface area contributed by atoms with Crippen LogP contribution in [0.25, 0.3) is 0 Å². The van der Waals surface area contributed by atoms with Crippen molar-refractivity contribution in [3.8, 4) is 28.7 Å². The molecule has 50 heavy (non-hydrogen) atoms. The molecule has 1 saturated heterocycles. The van der Waals surface area contributed by atoms with E-state index in [2.05, 4.69) is 4.98 Å². The Bertz CT molecular complexity index is 1580. The molecule has 4 N–H and O–H groups in total. The third kappa shape index (κ3) is 9.51. The Morgan fingerprint density at radius 3 is 2.72 bits per heavy atom. The van der Waals surface area contributed by atoms with Crippen molar-refractivity contribution in [1.29, 1.82) is 0 Å². The SMILES string of the molecule is CC(=O)OC1CC(c2cc(O)c(O)c(OCCc3cccnc3)c2)OC(C2CSSC(CCO)C3CCCC(C3)Oc3cc(ccc3O)C2)C1. The second kappa shape index (κ2) is 17.3. The molecule has 270 valence electrons. The zero-order valence-electron chi connectivity index (χ0n) is 28.3. The first kappa shape index (κ1) is 36.5. The Morgan fingerprint density at radius 1 is 1.04 bits per heavy atom. The van der Waals surface area contributed by atoms with Crippen LogP contribution in [0.5, 0.6) is 28.7 Å². The number of aliphatic hydroxyl groups excluding tert-OH is 1. The molecule has 1 aliphatic carbocycles. The van der Waals surface area contributed by atoms with Crippen molar-refractivity contribution in [1.82, 2.24) is 4.98 Å². The van der Waals surface area contributed by atoms with Crippen molar-refractivity contribution in [3.05, 3.63) is 71.5 Å². The lowest BCUT2D eigenvalue weighted by Gasteiger charge is -2.39. The van der Waals surface area contributed by atoms with Crippen molar-refractivity contribution >= 4 is 27.6 Å². The van der Waals surface area contributed by atoms with Crippen LogP contribution >= 0.6 is 21.6 Å². The number of aromatic nitrogens is 1. The molecule has 3 heterocycles. The number of carbonyl (C=O) groups is 1. The third-order valence-corrected chi connectivity index (χ3v) is 13.0. The molecular formula is C38H47NO9S2. The highest BCUT2D eigenvalue weighted by Gasteiger charge is 2.38. The minimum Gasteiger partial charge on any atom is -0.504 e. The molecule has 2 fully saturated rings. The fourth-order valence-corrected chi connectivity index (χ4v) is 10.8. The Labute approximate surface area is 301 Å². The highest BCUT2D eigenvalue weighted by atomic mass is 33.1. The van der Waals surface area contributed by atoms with E-state index in [-0.39, 0.29) is 65.6 Å². The van der Waals surface area contributed by atoms with E-state index in [0.717, 1.165) is 42.6 Å². The highest BCUT2D eigenvalue weighted by Crippen LogP contribution is 2.46. The largest absolute Gasteiger partial charge is 0.504 e. The average molecular weight is 726 g/mol. The fraction of sp³-hybridized carbons (Fsp3) is 0.526. The molecule has 2 aromatic carbocycles. The molecule has 0 amide bonds. The first-order chi connectivity index (χ1) is 24.2. The lowest BCUT2D eigenvalue weighted by atomic mass is 9.84. The molecule has 4 bridgehead atoms. The quantitative estimate of drug-likeness (QED) is 0.103. The molecule has 7 atom stereocenters. The summed E-state index contributed by atoms with van der Waals surface area (Å²) in [6, 6.07) is 12.5. The molecule has 2 aliphatic heterocycles. The minimum atomic E-state index is -0.549. The summed E-state index contributed by atoms with van der Waals surface area (Å²) in [6.45, 7) is 1.79. The maximum absolute atomic E-state index is 12.2. The smallest absolute Gasteiger partial charge is 0.302 e. The second-order valence-electron chi connectivity index (χ2n) is 13.6. The van der Waals surface area contributed by atoms with Crippen LogP contribution in [0.1, 0.15) is 74.7 Å². The zero-order chi connectivity index (χ0) is 35.0. The van der Waals surface area contributed by atoms with Gasteiger partial charge in [-0.3, -0.25) is 9.78 Å². The Hall–Kier alpha value is -3.32. The van der Waals surface area contributed by atoms with Crippen molar-refractivity contribution in [2.45, 2.75) is 94.4 Å². The summed E-state index contributed by atoms with van der Waals surface area (Å²) in [5.41, 5.74) is 2.60. The standard InChI is InChI=1S/C38H47NO9S2/c1-23(41)46-30-19-33(27-17-32(43)38(44)36(18-27)45-13-10-24-4-3-11-39-21-24)48-34(20-30)28-14-25-7-8-31(42)35(15-25)47-29-6-2-5-26(16-29)37(9-12-40)50-49-22-28/h3-4,7-8,11,15,17-18,21,26,28-30,33-34,37,40,42-44H,2,5-6,9-10,12-14,16,19-20,22H2,1H3. The van der Waals surface area contributed by atoms with Crippen LogP contribution < -0.4 is 9.47 Å². The van der Waals surface area contributed by atoms with E-state index in [1.807, 2.05) is 35.1 Å². The van der Waals surface area contributed by atoms with Crippen LogP contribution in [0.15, 0.2) is 54.9 Å². The topological polar surface area (TPSA) is 148 Å². The lowest BCUT2D eigenvalue weighted by Crippen LogP contribution is -2.39. The number of aliphatic hydroxyl groups is 1. The van der Waals surface area contributed by atoms with E-state index in [4.69, 9.17) is 18.9 Å². The maximum Gasteiger partial charge on any atom is 0.302 e. The summed E-state index contributed by atoms with van der Waals surface area (Å²) in [6.07, 6.45) is 8.90. The van der Waals surface area contributed by atoms with Gasteiger partial charge >= 0.3 is 5.97 Å². The number of benzene rings is 2. The molecule has 3 aromatic rings. The van der Waals surface area contributed by atoms with E-state index in [9.17, 15) is 25.2 Å². The number of carbonyl (C=O) groups excluding carboxylic acids is 1. The number of aromatic hydroxyl groups is 3. The summed E-state index contributed by atoms with van der Waals surface area (Å²) in [5, 5.41) is 42.4. The van der Waals surface area contributed by atoms with E-state index >= 15 is 0 Å². The molecule has 6 rings (SSSR count). The van der Waals surface area contributed by atoms with Gasteiger partial charge in [-0.15, -0.1) is 0 Å².